The number of ether oxygens (including phenoxy) is 1. The van der Waals surface area contributed by atoms with E-state index in [0.717, 1.165) is 16.9 Å². The van der Waals surface area contributed by atoms with Crippen LogP contribution in [0.3, 0.4) is 0 Å². The Morgan fingerprint density at radius 3 is 2.72 bits per heavy atom. The van der Waals surface area contributed by atoms with Gasteiger partial charge in [-0.1, -0.05) is 24.3 Å². The van der Waals surface area contributed by atoms with Gasteiger partial charge in [-0.3, -0.25) is 14.2 Å². The Kier molecular flexibility index (Phi) is 6.29. The van der Waals surface area contributed by atoms with E-state index in [9.17, 15) is 9.59 Å². The van der Waals surface area contributed by atoms with Gasteiger partial charge < -0.3 is 15.0 Å². The summed E-state index contributed by atoms with van der Waals surface area (Å²) in [7, 11) is 5.54. The lowest BCUT2D eigenvalue weighted by atomic mass is 10.1. The molecule has 1 amide bonds. The van der Waals surface area contributed by atoms with E-state index in [1.54, 1.807) is 13.2 Å². The molecule has 3 aromatic rings. The molecule has 0 bridgehead atoms. The molecule has 3 rings (SSSR count). The van der Waals surface area contributed by atoms with E-state index in [2.05, 4.69) is 10.3 Å². The quantitative estimate of drug-likeness (QED) is 0.664. The maximum absolute atomic E-state index is 12.7. The first-order chi connectivity index (χ1) is 13.9. The van der Waals surface area contributed by atoms with Crippen LogP contribution in [-0.2, 0) is 11.3 Å². The molecule has 152 valence electrons. The lowest BCUT2D eigenvalue weighted by molar-refractivity contribution is -0.121. The predicted molar refractivity (Wildman–Crippen MR) is 113 cm³/mol. The molecule has 2 aromatic carbocycles. The average molecular weight is 394 g/mol. The van der Waals surface area contributed by atoms with Crippen molar-refractivity contribution in [3.8, 4) is 5.75 Å². The molecule has 7 nitrogen and oxygen atoms in total. The fourth-order valence-corrected chi connectivity index (χ4v) is 3.32. The molecule has 1 heterocycles. The Morgan fingerprint density at radius 2 is 2.00 bits per heavy atom. The molecule has 29 heavy (non-hydrogen) atoms. The number of nitrogens with one attached hydrogen (secondary N) is 1. The first kappa shape index (κ1) is 20.5. The number of aromatic nitrogens is 2. The van der Waals surface area contributed by atoms with Crippen LogP contribution in [0, 0.1) is 6.92 Å². The van der Waals surface area contributed by atoms with E-state index in [-0.39, 0.29) is 24.1 Å². The van der Waals surface area contributed by atoms with Crippen molar-refractivity contribution in [1.29, 1.82) is 0 Å². The summed E-state index contributed by atoms with van der Waals surface area (Å²) in [6.45, 7) is 2.24. The number of carbonyl (C=O) groups is 1. The first-order valence-electron chi connectivity index (χ1n) is 9.42. The first-order valence-corrected chi connectivity index (χ1v) is 9.42. The molecule has 1 aromatic heterocycles. The molecule has 0 aliphatic carbocycles. The summed E-state index contributed by atoms with van der Waals surface area (Å²) in [4.78, 5) is 31.6. The minimum Gasteiger partial charge on any atom is -0.497 e. The monoisotopic (exact) mass is 394 g/mol. The zero-order valence-corrected chi connectivity index (χ0v) is 17.2. The van der Waals surface area contributed by atoms with Crippen molar-refractivity contribution in [2.45, 2.75) is 19.5 Å². The number of benzene rings is 2. The van der Waals surface area contributed by atoms with Crippen molar-refractivity contribution in [2.24, 2.45) is 0 Å². The van der Waals surface area contributed by atoms with Crippen molar-refractivity contribution in [3.63, 3.8) is 0 Å². The van der Waals surface area contributed by atoms with E-state index < -0.39 is 0 Å². The summed E-state index contributed by atoms with van der Waals surface area (Å²) in [6.07, 6.45) is 1.43. The van der Waals surface area contributed by atoms with Crippen LogP contribution in [0.5, 0.6) is 5.75 Å². The number of nitrogens with zero attached hydrogens (tertiary/aromatic N) is 3. The minimum absolute atomic E-state index is 0.0249. The van der Waals surface area contributed by atoms with Crippen molar-refractivity contribution < 1.29 is 9.53 Å². The highest BCUT2D eigenvalue weighted by Crippen LogP contribution is 2.22. The topological polar surface area (TPSA) is 76.5 Å². The Balaban J connectivity index is 1.72. The van der Waals surface area contributed by atoms with Gasteiger partial charge in [0.15, 0.2) is 0 Å². The smallest absolute Gasteiger partial charge is 0.261 e. The summed E-state index contributed by atoms with van der Waals surface area (Å²) in [6, 6.07) is 13.2. The number of fused-ring (bicyclic) bond motifs is 1. The van der Waals surface area contributed by atoms with Gasteiger partial charge in [-0.05, 0) is 50.3 Å². The molecular formula is C22H26N4O3. The number of likely N-dealkylation sites (N-methyl/N-ethyl adjacent to an activating group) is 1. The Morgan fingerprint density at radius 1 is 1.24 bits per heavy atom. The van der Waals surface area contributed by atoms with Gasteiger partial charge in [0.05, 0.1) is 30.4 Å². The zero-order chi connectivity index (χ0) is 21.0. The van der Waals surface area contributed by atoms with Crippen LogP contribution in [0.1, 0.15) is 17.2 Å². The number of rotatable bonds is 7. The highest BCUT2D eigenvalue weighted by atomic mass is 16.5. The highest BCUT2D eigenvalue weighted by molar-refractivity contribution is 5.81. The molecule has 0 fully saturated rings. The van der Waals surface area contributed by atoms with Crippen molar-refractivity contribution >= 4 is 16.8 Å². The molecule has 0 saturated heterocycles. The summed E-state index contributed by atoms with van der Waals surface area (Å²) < 4.78 is 6.64. The number of para-hydroxylation sites is 1. The Bertz CT molecular complexity index is 1080. The van der Waals surface area contributed by atoms with Crippen LogP contribution in [0.4, 0.5) is 0 Å². The zero-order valence-electron chi connectivity index (χ0n) is 17.2. The normalized spacial score (nSPS) is 12.2. The fourth-order valence-electron chi connectivity index (χ4n) is 3.32. The third-order valence-electron chi connectivity index (χ3n) is 4.96. The molecule has 0 aliphatic heterocycles. The van der Waals surface area contributed by atoms with Crippen molar-refractivity contribution in [2.75, 3.05) is 27.7 Å². The molecule has 7 heteroatoms. The number of hydrogen-bond donors (Lipinski definition) is 1. The molecule has 0 spiro atoms. The maximum atomic E-state index is 12.7. The van der Waals surface area contributed by atoms with Gasteiger partial charge in [0.25, 0.3) is 5.56 Å². The fraction of sp³-hybridized carbons (Fsp3) is 0.318. The molecular weight excluding hydrogens is 368 g/mol. The van der Waals surface area contributed by atoms with E-state index >= 15 is 0 Å². The van der Waals surface area contributed by atoms with Crippen LogP contribution in [0.15, 0.2) is 53.6 Å². The van der Waals surface area contributed by atoms with Crippen LogP contribution in [-0.4, -0.2) is 48.1 Å². The van der Waals surface area contributed by atoms with Gasteiger partial charge >= 0.3 is 0 Å². The molecule has 1 N–H and O–H groups in total. The van der Waals surface area contributed by atoms with Gasteiger partial charge in [0.1, 0.15) is 12.3 Å². The minimum atomic E-state index is -0.240. The lowest BCUT2D eigenvalue weighted by Crippen LogP contribution is -2.37. The van der Waals surface area contributed by atoms with E-state index in [1.807, 2.05) is 62.3 Å². The van der Waals surface area contributed by atoms with Crippen LogP contribution in [0.25, 0.3) is 10.9 Å². The number of carbonyl (C=O) groups excluding carboxylic acids is 1. The molecule has 0 unspecified atom stereocenters. The van der Waals surface area contributed by atoms with Gasteiger partial charge in [-0.25, -0.2) is 4.98 Å². The van der Waals surface area contributed by atoms with Crippen LogP contribution < -0.4 is 15.6 Å². The van der Waals surface area contributed by atoms with Crippen LogP contribution >= 0.6 is 0 Å². The van der Waals surface area contributed by atoms with Crippen molar-refractivity contribution in [3.05, 3.63) is 70.3 Å². The van der Waals surface area contributed by atoms with E-state index in [1.165, 1.54) is 10.9 Å². The third kappa shape index (κ3) is 4.63. The standard InChI is InChI=1S/C22H26N4O3/c1-15-7-5-10-18-21(15)24-14-26(22(18)28)13-20(27)23-12-19(25(2)3)16-8-6-9-17(11-16)29-4/h5-11,14,19H,12-13H2,1-4H3,(H,23,27)/t19-/m1/s1. The highest BCUT2D eigenvalue weighted by Gasteiger charge is 2.17. The number of hydrogen-bond acceptors (Lipinski definition) is 5. The second-order valence-corrected chi connectivity index (χ2v) is 7.21. The molecule has 0 aliphatic rings. The predicted octanol–water partition coefficient (Wildman–Crippen LogP) is 2.13. The molecule has 0 saturated carbocycles. The second-order valence-electron chi connectivity index (χ2n) is 7.21. The summed E-state index contributed by atoms with van der Waals surface area (Å²) in [5.41, 5.74) is 2.42. The lowest BCUT2D eigenvalue weighted by Gasteiger charge is -2.25. The van der Waals surface area contributed by atoms with Crippen LogP contribution in [0.2, 0.25) is 0 Å². The van der Waals surface area contributed by atoms with Crippen molar-refractivity contribution in [1.82, 2.24) is 19.8 Å². The van der Waals surface area contributed by atoms with Gasteiger partial charge in [0, 0.05) is 6.54 Å². The largest absolute Gasteiger partial charge is 0.497 e. The number of amides is 1. The summed E-state index contributed by atoms with van der Waals surface area (Å²) in [5, 5.41) is 3.44. The van der Waals surface area contributed by atoms with Gasteiger partial charge in [-0.2, -0.15) is 0 Å². The molecule has 0 radical (unpaired) electrons. The maximum Gasteiger partial charge on any atom is 0.261 e. The third-order valence-corrected chi connectivity index (χ3v) is 4.96. The number of methoxy groups -OCH3 is 1. The van der Waals surface area contributed by atoms with E-state index in [0.29, 0.717) is 17.4 Å². The second kappa shape index (κ2) is 8.87. The van der Waals surface area contributed by atoms with Gasteiger partial charge in [0.2, 0.25) is 5.91 Å². The van der Waals surface area contributed by atoms with Gasteiger partial charge in [-0.15, -0.1) is 0 Å². The summed E-state index contributed by atoms with van der Waals surface area (Å²) in [5.74, 6) is 0.528. The molecule has 1 atom stereocenters. The Labute approximate surface area is 169 Å². The SMILES string of the molecule is COc1cccc([C@@H](CNC(=O)Cn2cnc3c(C)cccc3c2=O)N(C)C)c1. The van der Waals surface area contributed by atoms with E-state index in [4.69, 9.17) is 4.74 Å². The number of aryl methyl sites for hydroxylation is 1. The summed E-state index contributed by atoms with van der Waals surface area (Å²) >= 11 is 0. The Hall–Kier alpha value is -3.19. The average Bonchev–Trinajstić information content (AvgIpc) is 2.70.